The summed E-state index contributed by atoms with van der Waals surface area (Å²) in [5.74, 6) is -1.64. The van der Waals surface area contributed by atoms with Gasteiger partial charge in [-0.1, -0.05) is 12.1 Å². The lowest BCUT2D eigenvalue weighted by Crippen LogP contribution is -2.42. The van der Waals surface area contributed by atoms with E-state index in [2.05, 4.69) is 23.7 Å². The number of rotatable bonds is 6. The second-order valence-electron chi connectivity index (χ2n) is 7.85. The summed E-state index contributed by atoms with van der Waals surface area (Å²) in [6, 6.07) is 9.96. The van der Waals surface area contributed by atoms with Crippen LogP contribution in [0.4, 0.5) is 8.78 Å². The molecular weight excluding hydrogens is 334 g/mol. The summed E-state index contributed by atoms with van der Waals surface area (Å²) in [7, 11) is 0. The summed E-state index contributed by atoms with van der Waals surface area (Å²) in [5, 5.41) is 10.1. The first-order valence-corrected chi connectivity index (χ1v) is 9.08. The van der Waals surface area contributed by atoms with Gasteiger partial charge in [-0.3, -0.25) is 9.88 Å². The maximum absolute atomic E-state index is 13.4. The van der Waals surface area contributed by atoms with Crippen molar-refractivity contribution in [1.29, 1.82) is 0 Å². The summed E-state index contributed by atoms with van der Waals surface area (Å²) >= 11 is 0. The molecular formula is C21H26F2N2O. The number of aryl methyl sites for hydroxylation is 1. The molecule has 0 saturated carbocycles. The van der Waals surface area contributed by atoms with Gasteiger partial charge in [0, 0.05) is 24.8 Å². The number of aliphatic hydroxyl groups is 1. The van der Waals surface area contributed by atoms with Crippen LogP contribution >= 0.6 is 0 Å². The molecule has 0 bridgehead atoms. The lowest BCUT2D eigenvalue weighted by Gasteiger charge is -2.37. The van der Waals surface area contributed by atoms with Gasteiger partial charge in [0.05, 0.1) is 11.2 Å². The molecule has 0 amide bonds. The minimum absolute atomic E-state index is 0.0888. The molecule has 0 unspecified atom stereocenters. The maximum atomic E-state index is 13.4. The molecule has 1 N–H and O–H groups in total. The van der Waals surface area contributed by atoms with E-state index in [1.165, 1.54) is 12.1 Å². The number of benzene rings is 1. The molecule has 0 spiro atoms. The number of aliphatic hydroxyl groups excluding tert-OH is 1. The highest BCUT2D eigenvalue weighted by atomic mass is 19.2. The third-order valence-electron chi connectivity index (χ3n) is 5.78. The number of aromatic nitrogens is 1. The second kappa shape index (κ2) is 7.41. The summed E-state index contributed by atoms with van der Waals surface area (Å²) in [6.45, 7) is 6.03. The summed E-state index contributed by atoms with van der Waals surface area (Å²) in [5.41, 5.74) is 1.32. The lowest BCUT2D eigenvalue weighted by atomic mass is 9.82. The van der Waals surface area contributed by atoms with Crippen molar-refractivity contribution in [2.24, 2.45) is 5.41 Å². The fourth-order valence-corrected chi connectivity index (χ4v) is 3.82. The molecule has 1 saturated heterocycles. The van der Waals surface area contributed by atoms with Crippen molar-refractivity contribution in [3.63, 3.8) is 0 Å². The van der Waals surface area contributed by atoms with Crippen LogP contribution in [0.25, 0.3) is 0 Å². The summed E-state index contributed by atoms with van der Waals surface area (Å²) in [6.07, 6.45) is 4.04. The zero-order valence-electron chi connectivity index (χ0n) is 15.4. The van der Waals surface area contributed by atoms with Crippen LogP contribution in [0.3, 0.4) is 0 Å². The Bertz CT molecular complexity index is 751. The van der Waals surface area contributed by atoms with Crippen LogP contribution in [0, 0.1) is 17.0 Å². The minimum atomic E-state index is -0.824. The van der Waals surface area contributed by atoms with E-state index in [1.807, 2.05) is 18.2 Å². The smallest absolute Gasteiger partial charge is 0.159 e. The highest BCUT2D eigenvalue weighted by molar-refractivity contribution is 5.19. The number of hydrogen-bond acceptors (Lipinski definition) is 3. The highest BCUT2D eigenvalue weighted by Crippen LogP contribution is 2.40. The van der Waals surface area contributed by atoms with Gasteiger partial charge in [0.15, 0.2) is 11.6 Å². The van der Waals surface area contributed by atoms with Gasteiger partial charge in [0.25, 0.3) is 0 Å². The van der Waals surface area contributed by atoms with E-state index in [1.54, 1.807) is 12.3 Å². The van der Waals surface area contributed by atoms with Gasteiger partial charge >= 0.3 is 0 Å². The Morgan fingerprint density at radius 3 is 2.65 bits per heavy atom. The van der Waals surface area contributed by atoms with Crippen LogP contribution in [-0.2, 0) is 12.0 Å². The zero-order valence-corrected chi connectivity index (χ0v) is 15.4. The fraction of sp³-hybridized carbons (Fsp3) is 0.476. The fourth-order valence-electron chi connectivity index (χ4n) is 3.82. The number of nitrogens with zero attached hydrogens (tertiary/aromatic N) is 2. The Morgan fingerprint density at radius 1 is 1.19 bits per heavy atom. The van der Waals surface area contributed by atoms with Gasteiger partial charge in [-0.05, 0) is 69.5 Å². The average Bonchev–Trinajstić information content (AvgIpc) is 3.09. The molecule has 1 aliphatic heterocycles. The molecule has 1 fully saturated rings. The second-order valence-corrected chi connectivity index (χ2v) is 7.85. The number of halogens is 2. The van der Waals surface area contributed by atoms with Crippen molar-refractivity contribution in [2.45, 2.75) is 38.6 Å². The largest absolute Gasteiger partial charge is 0.396 e. The van der Waals surface area contributed by atoms with Crippen LogP contribution < -0.4 is 0 Å². The van der Waals surface area contributed by atoms with E-state index < -0.39 is 11.6 Å². The van der Waals surface area contributed by atoms with Crippen LogP contribution in [0.5, 0.6) is 0 Å². The van der Waals surface area contributed by atoms with Crippen molar-refractivity contribution < 1.29 is 13.9 Å². The van der Waals surface area contributed by atoms with E-state index in [0.717, 1.165) is 37.2 Å². The third kappa shape index (κ3) is 3.79. The number of hydrogen-bond donors (Lipinski definition) is 1. The molecule has 3 rings (SSSR count). The van der Waals surface area contributed by atoms with Crippen molar-refractivity contribution in [1.82, 2.24) is 9.88 Å². The van der Waals surface area contributed by atoms with Gasteiger partial charge in [-0.15, -0.1) is 0 Å². The predicted molar refractivity (Wildman–Crippen MR) is 97.7 cm³/mol. The quantitative estimate of drug-likeness (QED) is 0.848. The van der Waals surface area contributed by atoms with E-state index in [-0.39, 0.29) is 17.6 Å². The van der Waals surface area contributed by atoms with Crippen LogP contribution in [0.1, 0.15) is 37.9 Å². The van der Waals surface area contributed by atoms with Crippen LogP contribution in [0.15, 0.2) is 42.6 Å². The standard InChI is InChI=1S/C21H26F2N2O/c1-20(2,19-5-3-4-11-24-19)25-12-10-21(14-25,15-26)9-8-16-6-7-17(22)18(23)13-16/h3-7,11,13,26H,8-10,12,14-15H2,1-2H3/t21-/m1/s1. The highest BCUT2D eigenvalue weighted by Gasteiger charge is 2.43. The van der Waals surface area contributed by atoms with E-state index in [0.29, 0.717) is 6.42 Å². The topological polar surface area (TPSA) is 36.4 Å². The van der Waals surface area contributed by atoms with Gasteiger partial charge in [0.2, 0.25) is 0 Å². The normalized spacial score (nSPS) is 21.3. The number of pyridine rings is 1. The van der Waals surface area contributed by atoms with Crippen molar-refractivity contribution in [3.8, 4) is 0 Å². The van der Waals surface area contributed by atoms with Crippen molar-refractivity contribution >= 4 is 0 Å². The minimum Gasteiger partial charge on any atom is -0.396 e. The Kier molecular flexibility index (Phi) is 5.39. The van der Waals surface area contributed by atoms with Gasteiger partial charge < -0.3 is 5.11 Å². The molecule has 5 heteroatoms. The van der Waals surface area contributed by atoms with Crippen molar-refractivity contribution in [2.75, 3.05) is 19.7 Å². The van der Waals surface area contributed by atoms with Gasteiger partial charge in [-0.2, -0.15) is 0 Å². The Labute approximate surface area is 153 Å². The Morgan fingerprint density at radius 2 is 2.00 bits per heavy atom. The third-order valence-corrected chi connectivity index (χ3v) is 5.78. The van der Waals surface area contributed by atoms with Crippen LogP contribution in [-0.4, -0.2) is 34.7 Å². The molecule has 1 atom stereocenters. The summed E-state index contributed by atoms with van der Waals surface area (Å²) < 4.78 is 26.5. The molecule has 140 valence electrons. The predicted octanol–water partition coefficient (Wildman–Crippen LogP) is 3.91. The molecule has 2 heterocycles. The first-order valence-electron chi connectivity index (χ1n) is 9.08. The van der Waals surface area contributed by atoms with Gasteiger partial charge in [-0.25, -0.2) is 8.78 Å². The molecule has 1 aliphatic rings. The zero-order chi connectivity index (χ0) is 18.8. The van der Waals surface area contributed by atoms with Crippen LogP contribution in [0.2, 0.25) is 0 Å². The van der Waals surface area contributed by atoms with E-state index in [9.17, 15) is 13.9 Å². The molecule has 3 nitrogen and oxygen atoms in total. The lowest BCUT2D eigenvalue weighted by molar-refractivity contribution is 0.0854. The number of likely N-dealkylation sites (tertiary alicyclic amines) is 1. The Hall–Kier alpha value is -1.85. The monoisotopic (exact) mass is 360 g/mol. The molecule has 0 radical (unpaired) electrons. The molecule has 2 aromatic rings. The molecule has 1 aromatic heterocycles. The van der Waals surface area contributed by atoms with Crippen molar-refractivity contribution in [3.05, 3.63) is 65.5 Å². The first kappa shape index (κ1) is 18.9. The van der Waals surface area contributed by atoms with Gasteiger partial charge in [0.1, 0.15) is 0 Å². The maximum Gasteiger partial charge on any atom is 0.159 e. The molecule has 0 aliphatic carbocycles. The van der Waals surface area contributed by atoms with E-state index in [4.69, 9.17) is 0 Å². The molecule has 1 aromatic carbocycles. The molecule has 26 heavy (non-hydrogen) atoms. The average molecular weight is 360 g/mol. The first-order chi connectivity index (χ1) is 12.4. The SMILES string of the molecule is CC(C)(c1ccccn1)N1CC[C@](CO)(CCc2ccc(F)c(F)c2)C1. The van der Waals surface area contributed by atoms with E-state index >= 15 is 0 Å². The Balaban J connectivity index is 1.70. The summed E-state index contributed by atoms with van der Waals surface area (Å²) in [4.78, 5) is 6.86.